The first-order chi connectivity index (χ1) is 36.7. The fraction of sp³-hybridized carbons (Fsp3) is 0.891. The van der Waals surface area contributed by atoms with E-state index in [-0.39, 0.29) is 12.8 Å². The maximum atomic E-state index is 13.2. The highest BCUT2D eigenvalue weighted by Gasteiger charge is 2.44. The molecule has 0 aliphatic carbocycles. The number of amides is 1. The van der Waals surface area contributed by atoms with Crippen LogP contribution in [-0.4, -0.2) is 110 Å². The van der Waals surface area contributed by atoms with Gasteiger partial charge in [-0.1, -0.05) is 256 Å². The molecule has 442 valence electrons. The van der Waals surface area contributed by atoms with Crippen molar-refractivity contribution in [1.82, 2.24) is 5.32 Å². The number of hydrogen-bond donors (Lipinski definition) is 8. The summed E-state index contributed by atoms with van der Waals surface area (Å²) in [5.74, 6) is -0.708. The van der Waals surface area contributed by atoms with E-state index in [1.807, 2.05) is 0 Å². The van der Waals surface area contributed by atoms with E-state index in [1.54, 1.807) is 0 Å². The van der Waals surface area contributed by atoms with Gasteiger partial charge in [0.2, 0.25) is 5.91 Å². The molecule has 1 amide bonds. The lowest BCUT2D eigenvalue weighted by atomic mass is 9.98. The fourth-order valence-corrected chi connectivity index (χ4v) is 10.2. The van der Waals surface area contributed by atoms with Crippen LogP contribution >= 0.6 is 0 Å². The molecule has 1 aliphatic heterocycles. The van der Waals surface area contributed by atoms with Gasteiger partial charge in [0, 0.05) is 0 Å². The molecule has 0 aromatic carbocycles. The number of hydrogen-bond acceptors (Lipinski definition) is 10. The van der Waals surface area contributed by atoms with Gasteiger partial charge in [-0.25, -0.2) is 0 Å². The zero-order valence-corrected chi connectivity index (χ0v) is 48.5. The highest BCUT2D eigenvalue weighted by molar-refractivity contribution is 5.80. The van der Waals surface area contributed by atoms with Crippen molar-refractivity contribution in [2.24, 2.45) is 0 Å². The zero-order valence-electron chi connectivity index (χ0n) is 48.5. The second kappa shape index (κ2) is 53.0. The lowest BCUT2D eigenvalue weighted by molar-refractivity contribution is -0.303. The van der Waals surface area contributed by atoms with E-state index in [4.69, 9.17) is 9.47 Å². The summed E-state index contributed by atoms with van der Waals surface area (Å²) in [6.07, 6.45) is 55.4. The van der Waals surface area contributed by atoms with E-state index in [9.17, 15) is 40.5 Å². The summed E-state index contributed by atoms with van der Waals surface area (Å²) in [4.78, 5) is 13.2. The van der Waals surface area contributed by atoms with Crippen LogP contribution < -0.4 is 5.32 Å². The number of nitrogens with one attached hydrogen (secondary N) is 1. The SMILES string of the molecule is CCCCC/C=C/CC/C=C/CCCC(O)C(O)C(COC1OC(CO)C(O)C(O)C1O)NC(=O)C(O)CCCCCCCCCCCCCCCCCC/C=C\CCCCCCCCCCCCCCCCCC. The van der Waals surface area contributed by atoms with Crippen LogP contribution in [0.1, 0.15) is 296 Å². The Labute approximate surface area is 460 Å². The third kappa shape index (κ3) is 41.1. The van der Waals surface area contributed by atoms with Gasteiger partial charge >= 0.3 is 0 Å². The summed E-state index contributed by atoms with van der Waals surface area (Å²) in [6, 6.07) is -1.19. The van der Waals surface area contributed by atoms with Crippen molar-refractivity contribution < 1.29 is 50.0 Å². The second-order valence-electron chi connectivity index (χ2n) is 22.5. The van der Waals surface area contributed by atoms with Gasteiger partial charge in [-0.2, -0.15) is 0 Å². The lowest BCUT2D eigenvalue weighted by Gasteiger charge is -2.40. The van der Waals surface area contributed by atoms with Gasteiger partial charge in [0.15, 0.2) is 6.29 Å². The van der Waals surface area contributed by atoms with Gasteiger partial charge in [0.05, 0.1) is 25.4 Å². The van der Waals surface area contributed by atoms with E-state index in [1.165, 1.54) is 212 Å². The van der Waals surface area contributed by atoms with Crippen LogP contribution in [0.3, 0.4) is 0 Å². The van der Waals surface area contributed by atoms with Crippen molar-refractivity contribution in [1.29, 1.82) is 0 Å². The monoisotopic (exact) mass is 1060 g/mol. The van der Waals surface area contributed by atoms with Crippen molar-refractivity contribution in [3.63, 3.8) is 0 Å². The number of allylic oxidation sites excluding steroid dienone is 6. The normalized spacial score (nSPS) is 19.9. The Morgan fingerprint density at radius 3 is 1.21 bits per heavy atom. The van der Waals surface area contributed by atoms with Gasteiger partial charge in [0.25, 0.3) is 0 Å². The van der Waals surface area contributed by atoms with Crippen LogP contribution in [-0.2, 0) is 14.3 Å². The summed E-state index contributed by atoms with van der Waals surface area (Å²) in [5.41, 5.74) is 0. The molecule has 1 heterocycles. The summed E-state index contributed by atoms with van der Waals surface area (Å²) in [5, 5.41) is 76.0. The molecule has 1 saturated heterocycles. The zero-order chi connectivity index (χ0) is 54.7. The molecule has 1 aliphatic rings. The Morgan fingerprint density at radius 2 is 0.800 bits per heavy atom. The van der Waals surface area contributed by atoms with Crippen molar-refractivity contribution in [3.8, 4) is 0 Å². The van der Waals surface area contributed by atoms with Gasteiger partial charge in [-0.3, -0.25) is 4.79 Å². The fourth-order valence-electron chi connectivity index (χ4n) is 10.2. The summed E-state index contributed by atoms with van der Waals surface area (Å²) in [7, 11) is 0. The summed E-state index contributed by atoms with van der Waals surface area (Å²) in [6.45, 7) is 3.42. The molecular formula is C64H121NO10. The highest BCUT2D eigenvalue weighted by Crippen LogP contribution is 2.23. The molecule has 0 saturated carbocycles. The predicted octanol–water partition coefficient (Wildman–Crippen LogP) is 14.2. The molecule has 0 radical (unpaired) electrons. The number of carbonyl (C=O) groups is 1. The number of unbranched alkanes of at least 4 members (excludes halogenated alkanes) is 37. The molecule has 0 spiro atoms. The molecule has 75 heavy (non-hydrogen) atoms. The number of ether oxygens (including phenoxy) is 2. The maximum absolute atomic E-state index is 13.2. The van der Waals surface area contributed by atoms with Crippen LogP contribution in [0.4, 0.5) is 0 Å². The minimum absolute atomic E-state index is 0.246. The third-order valence-corrected chi connectivity index (χ3v) is 15.4. The van der Waals surface area contributed by atoms with Crippen LogP contribution in [0.25, 0.3) is 0 Å². The van der Waals surface area contributed by atoms with Gasteiger partial charge in [0.1, 0.15) is 36.6 Å². The lowest BCUT2D eigenvalue weighted by Crippen LogP contribution is -2.60. The molecule has 0 bridgehead atoms. The second-order valence-corrected chi connectivity index (χ2v) is 22.5. The van der Waals surface area contributed by atoms with Gasteiger partial charge in [-0.15, -0.1) is 0 Å². The Morgan fingerprint density at radius 1 is 0.453 bits per heavy atom. The van der Waals surface area contributed by atoms with Gasteiger partial charge in [-0.05, 0) is 77.0 Å². The molecular weight excluding hydrogens is 943 g/mol. The molecule has 9 unspecified atom stereocenters. The van der Waals surface area contributed by atoms with Crippen molar-refractivity contribution in [2.75, 3.05) is 13.2 Å². The van der Waals surface area contributed by atoms with Crippen molar-refractivity contribution >= 4 is 5.91 Å². The van der Waals surface area contributed by atoms with Gasteiger partial charge < -0.3 is 50.5 Å². The van der Waals surface area contributed by atoms with Crippen molar-refractivity contribution in [2.45, 2.75) is 351 Å². The first kappa shape index (κ1) is 71.3. The molecule has 8 N–H and O–H groups in total. The molecule has 1 rings (SSSR count). The largest absolute Gasteiger partial charge is 0.394 e. The Bertz CT molecular complexity index is 1310. The van der Waals surface area contributed by atoms with E-state index in [2.05, 4.69) is 55.6 Å². The van der Waals surface area contributed by atoms with E-state index >= 15 is 0 Å². The summed E-state index contributed by atoms with van der Waals surface area (Å²) < 4.78 is 11.1. The van der Waals surface area contributed by atoms with Crippen molar-refractivity contribution in [3.05, 3.63) is 36.5 Å². The Balaban J connectivity index is 2.13. The highest BCUT2D eigenvalue weighted by atomic mass is 16.7. The molecule has 0 aromatic heterocycles. The third-order valence-electron chi connectivity index (χ3n) is 15.4. The minimum Gasteiger partial charge on any atom is -0.394 e. The number of rotatable bonds is 55. The molecule has 11 nitrogen and oxygen atoms in total. The predicted molar refractivity (Wildman–Crippen MR) is 312 cm³/mol. The van der Waals surface area contributed by atoms with Crippen LogP contribution in [0.15, 0.2) is 36.5 Å². The number of carbonyl (C=O) groups excluding carboxylic acids is 1. The minimum atomic E-state index is -1.67. The summed E-state index contributed by atoms with van der Waals surface area (Å²) >= 11 is 0. The average molecular weight is 1060 g/mol. The Kier molecular flexibility index (Phi) is 50.4. The molecule has 9 atom stereocenters. The smallest absolute Gasteiger partial charge is 0.249 e. The molecule has 0 aromatic rings. The average Bonchev–Trinajstić information content (AvgIpc) is 3.41. The van der Waals surface area contributed by atoms with Crippen LogP contribution in [0.2, 0.25) is 0 Å². The molecule has 11 heteroatoms. The Hall–Kier alpha value is -1.67. The van der Waals surface area contributed by atoms with Crippen LogP contribution in [0, 0.1) is 0 Å². The standard InChI is InChI=1S/C64H121NO10/c1-3-5-7-9-11-13-15-17-18-19-20-21-22-23-24-25-26-27-28-29-30-31-32-33-34-35-36-37-38-39-40-42-44-46-48-50-52-57(68)63(73)65-55(54-74-64-62(72)61(71)60(70)58(53-66)75-64)59(69)56(67)51-49-47-45-43-41-16-14-12-10-8-6-4-2/h12,14,27-28,43,45,55-62,64,66-72H,3-11,13,15-26,29-42,44,46-54H2,1-2H3,(H,65,73)/b14-12+,28-27-,45-43+. The first-order valence-corrected chi connectivity index (χ1v) is 31.9. The first-order valence-electron chi connectivity index (χ1n) is 31.9. The number of aliphatic hydroxyl groups excluding tert-OH is 7. The van der Waals surface area contributed by atoms with E-state index < -0.39 is 74.2 Å². The van der Waals surface area contributed by atoms with E-state index in [0.717, 1.165) is 38.5 Å². The topological polar surface area (TPSA) is 189 Å². The van der Waals surface area contributed by atoms with E-state index in [0.29, 0.717) is 19.3 Å². The number of aliphatic hydroxyl groups is 7. The maximum Gasteiger partial charge on any atom is 0.249 e. The quantitative estimate of drug-likeness (QED) is 0.0215. The van der Waals surface area contributed by atoms with Crippen LogP contribution in [0.5, 0.6) is 0 Å². The molecule has 1 fully saturated rings.